The second-order valence-electron chi connectivity index (χ2n) is 8.06. The molecular weight excluding hydrogens is 496 g/mol. The van der Waals surface area contributed by atoms with E-state index >= 15 is 0 Å². The predicted octanol–water partition coefficient (Wildman–Crippen LogP) is 5.83. The highest BCUT2D eigenvalue weighted by Crippen LogP contribution is 2.30. The van der Waals surface area contributed by atoms with Crippen molar-refractivity contribution in [3.63, 3.8) is 0 Å². The maximum atomic E-state index is 12.7. The molecule has 0 aliphatic rings. The van der Waals surface area contributed by atoms with E-state index in [0.717, 1.165) is 38.8 Å². The lowest BCUT2D eigenvalue weighted by molar-refractivity contribution is -0.115. The molecule has 7 nitrogen and oxygen atoms in total. The number of halogens is 1. The summed E-state index contributed by atoms with van der Waals surface area (Å²) in [7, 11) is 3.26. The molecule has 1 aromatic heterocycles. The van der Waals surface area contributed by atoms with Crippen LogP contribution in [0.15, 0.2) is 78.0 Å². The number of aryl methyl sites for hydroxylation is 1. The summed E-state index contributed by atoms with van der Waals surface area (Å²) in [6.45, 7) is 2.55. The number of carbonyl (C=O) groups excluding carboxylic acids is 1. The van der Waals surface area contributed by atoms with Crippen molar-refractivity contribution in [2.24, 2.45) is 0 Å². The second kappa shape index (κ2) is 12.0. The molecule has 4 rings (SSSR count). The first-order chi connectivity index (χ1) is 17.5. The minimum Gasteiger partial charge on any atom is -0.497 e. The Labute approximate surface area is 219 Å². The van der Waals surface area contributed by atoms with Gasteiger partial charge < -0.3 is 14.8 Å². The van der Waals surface area contributed by atoms with Gasteiger partial charge >= 0.3 is 0 Å². The average Bonchev–Trinajstić information content (AvgIpc) is 3.31. The van der Waals surface area contributed by atoms with Crippen LogP contribution in [0.3, 0.4) is 0 Å². The van der Waals surface area contributed by atoms with E-state index in [4.69, 9.17) is 21.1 Å². The summed E-state index contributed by atoms with van der Waals surface area (Å²) in [6, 6.07) is 18.8. The Hall–Kier alpha value is -3.46. The van der Waals surface area contributed by atoms with Crippen LogP contribution in [0, 0.1) is 6.92 Å². The van der Waals surface area contributed by atoms with Gasteiger partial charge in [0.1, 0.15) is 11.5 Å². The number of nitrogens with one attached hydrogen (secondary N) is 2. The fourth-order valence-electron chi connectivity index (χ4n) is 3.62. The summed E-state index contributed by atoms with van der Waals surface area (Å²) < 4.78 is 16.0. The number of hydrogen-bond acceptors (Lipinski definition) is 6. The molecule has 0 saturated carbocycles. The molecule has 0 saturated heterocycles. The number of carbonyl (C=O) groups is 1. The lowest BCUT2D eigenvalue weighted by atomic mass is 10.1. The van der Waals surface area contributed by atoms with Crippen molar-refractivity contribution < 1.29 is 14.3 Å². The van der Waals surface area contributed by atoms with E-state index in [2.05, 4.69) is 15.1 Å². The van der Waals surface area contributed by atoms with Gasteiger partial charge in [0, 0.05) is 35.1 Å². The number of amides is 1. The number of nitrogens with zero attached hydrogens (tertiary/aromatic N) is 2. The summed E-state index contributed by atoms with van der Waals surface area (Å²) in [6.07, 6.45) is 3.96. The fourth-order valence-corrected chi connectivity index (χ4v) is 4.65. The number of ether oxygens (including phenoxy) is 2. The molecule has 2 N–H and O–H groups in total. The minimum atomic E-state index is -0.141. The van der Waals surface area contributed by atoms with Crippen LogP contribution < -0.4 is 19.5 Å². The number of rotatable bonds is 10. The van der Waals surface area contributed by atoms with Gasteiger partial charge in [-0.3, -0.25) is 9.52 Å². The average molecular weight is 523 g/mol. The van der Waals surface area contributed by atoms with Crippen LogP contribution in [0.2, 0.25) is 5.02 Å². The van der Waals surface area contributed by atoms with Crippen LogP contribution in [0.1, 0.15) is 16.7 Å². The summed E-state index contributed by atoms with van der Waals surface area (Å²) >= 11 is 7.67. The number of benzene rings is 3. The molecule has 0 aliphatic heterocycles. The van der Waals surface area contributed by atoms with Crippen molar-refractivity contribution >= 4 is 35.1 Å². The van der Waals surface area contributed by atoms with E-state index in [9.17, 15) is 4.79 Å². The topological polar surface area (TPSA) is 77.4 Å². The smallest absolute Gasteiger partial charge is 0.228 e. The molecule has 0 spiro atoms. The van der Waals surface area contributed by atoms with Crippen molar-refractivity contribution in [1.29, 1.82) is 0 Å². The molecular formula is C27H27ClN4O3S. The predicted molar refractivity (Wildman–Crippen MR) is 144 cm³/mol. The Balaban J connectivity index is 1.51. The normalized spacial score (nSPS) is 10.8. The molecule has 4 aromatic rings. The zero-order chi connectivity index (χ0) is 25.5. The highest BCUT2D eigenvalue weighted by molar-refractivity contribution is 7.97. The molecule has 0 unspecified atom stereocenters. The second-order valence-corrected chi connectivity index (χ2v) is 9.40. The van der Waals surface area contributed by atoms with Crippen LogP contribution in [-0.2, 0) is 17.8 Å². The third kappa shape index (κ3) is 6.40. The molecule has 0 bridgehead atoms. The Morgan fingerprint density at radius 3 is 2.61 bits per heavy atom. The maximum absolute atomic E-state index is 12.7. The quantitative estimate of drug-likeness (QED) is 0.255. The summed E-state index contributed by atoms with van der Waals surface area (Å²) in [4.78, 5) is 13.6. The lowest BCUT2D eigenvalue weighted by Crippen LogP contribution is -2.15. The van der Waals surface area contributed by atoms with Crippen LogP contribution in [-0.4, -0.2) is 29.9 Å². The van der Waals surface area contributed by atoms with Gasteiger partial charge in [-0.25, -0.2) is 4.68 Å². The van der Waals surface area contributed by atoms with Gasteiger partial charge in [-0.1, -0.05) is 35.9 Å². The molecule has 1 heterocycles. The minimum absolute atomic E-state index is 0.141. The number of aromatic nitrogens is 2. The highest BCUT2D eigenvalue weighted by atomic mass is 35.5. The van der Waals surface area contributed by atoms with E-state index in [0.29, 0.717) is 17.3 Å². The van der Waals surface area contributed by atoms with Crippen LogP contribution in [0.4, 0.5) is 5.69 Å². The van der Waals surface area contributed by atoms with Crippen molar-refractivity contribution in [2.75, 3.05) is 19.5 Å². The summed E-state index contributed by atoms with van der Waals surface area (Å²) in [5.41, 5.74) is 4.41. The number of anilines is 1. The van der Waals surface area contributed by atoms with Gasteiger partial charge in [-0.15, -0.1) is 0 Å². The van der Waals surface area contributed by atoms with Gasteiger partial charge in [-0.2, -0.15) is 5.10 Å². The summed E-state index contributed by atoms with van der Waals surface area (Å²) in [5, 5.41) is 8.01. The van der Waals surface area contributed by atoms with Gasteiger partial charge in [0.2, 0.25) is 5.91 Å². The van der Waals surface area contributed by atoms with E-state index in [-0.39, 0.29) is 12.3 Å². The Kier molecular flexibility index (Phi) is 8.53. The van der Waals surface area contributed by atoms with Gasteiger partial charge in [0.05, 0.1) is 37.4 Å². The molecule has 0 atom stereocenters. The zero-order valence-electron chi connectivity index (χ0n) is 20.2. The van der Waals surface area contributed by atoms with E-state index in [1.165, 1.54) is 11.9 Å². The molecule has 36 heavy (non-hydrogen) atoms. The molecule has 0 aliphatic carbocycles. The number of hydrogen-bond donors (Lipinski definition) is 2. The third-order valence-corrected chi connectivity index (χ3v) is 6.65. The maximum Gasteiger partial charge on any atom is 0.228 e. The van der Waals surface area contributed by atoms with Crippen LogP contribution >= 0.6 is 23.5 Å². The Bertz CT molecular complexity index is 1360. The fraction of sp³-hybridized carbons (Fsp3) is 0.185. The van der Waals surface area contributed by atoms with E-state index < -0.39 is 0 Å². The van der Waals surface area contributed by atoms with Crippen LogP contribution in [0.25, 0.3) is 5.69 Å². The van der Waals surface area contributed by atoms with Crippen molar-refractivity contribution in [2.45, 2.75) is 24.8 Å². The van der Waals surface area contributed by atoms with Crippen molar-refractivity contribution in [3.8, 4) is 17.2 Å². The first-order valence-electron chi connectivity index (χ1n) is 11.3. The number of methoxy groups -OCH3 is 2. The first kappa shape index (κ1) is 25.6. The summed E-state index contributed by atoms with van der Waals surface area (Å²) in [5.74, 6) is 1.34. The zero-order valence-corrected chi connectivity index (χ0v) is 21.8. The molecule has 0 fully saturated rings. The molecule has 186 valence electrons. The van der Waals surface area contributed by atoms with Crippen LogP contribution in [0.5, 0.6) is 11.5 Å². The molecule has 9 heteroatoms. The highest BCUT2D eigenvalue weighted by Gasteiger charge is 2.13. The monoisotopic (exact) mass is 522 g/mol. The van der Waals surface area contributed by atoms with Crippen molar-refractivity contribution in [1.82, 2.24) is 14.5 Å². The lowest BCUT2D eigenvalue weighted by Gasteiger charge is -2.14. The Morgan fingerprint density at radius 1 is 1.06 bits per heavy atom. The Morgan fingerprint density at radius 2 is 1.89 bits per heavy atom. The van der Waals surface area contributed by atoms with E-state index in [1.54, 1.807) is 20.3 Å². The first-order valence-corrected chi connectivity index (χ1v) is 12.5. The van der Waals surface area contributed by atoms with Gasteiger partial charge in [-0.05, 0) is 60.3 Å². The largest absolute Gasteiger partial charge is 0.497 e. The van der Waals surface area contributed by atoms with E-state index in [1.807, 2.05) is 78.6 Å². The molecule has 3 aromatic carbocycles. The van der Waals surface area contributed by atoms with Gasteiger partial charge in [0.15, 0.2) is 0 Å². The molecule has 1 amide bonds. The SMILES string of the molecule is COc1ccc(CNSc2cc(NC(=O)Cc3ccccc3Cl)ccc2-n2cc(C)cn2)c(OC)c1. The van der Waals surface area contributed by atoms with Gasteiger partial charge in [0.25, 0.3) is 0 Å². The molecule has 0 radical (unpaired) electrons. The van der Waals surface area contributed by atoms with Crippen molar-refractivity contribution in [3.05, 3.63) is 94.8 Å². The third-order valence-electron chi connectivity index (χ3n) is 5.45. The standard InChI is InChI=1S/C27H27ClN4O3S/c1-18-15-29-32(17-18)24-11-9-21(31-27(33)12-19-6-4-5-7-23(19)28)13-26(24)36-30-16-20-8-10-22(34-2)14-25(20)35-3/h4-11,13-15,17,30H,12,16H2,1-3H3,(H,31,33).